The molecule has 8 unspecified atom stereocenters. The Bertz CT molecular complexity index is 692. The summed E-state index contributed by atoms with van der Waals surface area (Å²) in [6, 6.07) is 0. The van der Waals surface area contributed by atoms with E-state index in [1.807, 2.05) is 13.8 Å². The van der Waals surface area contributed by atoms with Crippen LogP contribution in [-0.2, 0) is 0 Å². The number of halogens is 1. The average molecular weight is 417 g/mol. The zero-order chi connectivity index (χ0) is 20.8. The van der Waals surface area contributed by atoms with Gasteiger partial charge in [0.25, 0.3) is 0 Å². The van der Waals surface area contributed by atoms with Crippen molar-refractivity contribution < 1.29 is 5.11 Å². The van der Waals surface area contributed by atoms with Gasteiger partial charge in [0.1, 0.15) is 0 Å². The Balaban J connectivity index is 1.47. The van der Waals surface area contributed by atoms with E-state index < -0.39 is 5.60 Å². The van der Waals surface area contributed by atoms with E-state index in [4.69, 9.17) is 11.6 Å². The molecular formula is C27H41ClO. The average Bonchev–Trinajstić information content (AvgIpc) is 3.03. The molecule has 0 aromatic heterocycles. The molecule has 4 aliphatic carbocycles. The van der Waals surface area contributed by atoms with E-state index in [1.165, 1.54) is 57.8 Å². The first-order valence-electron chi connectivity index (χ1n) is 12.3. The molecule has 162 valence electrons. The lowest BCUT2D eigenvalue weighted by atomic mass is 9.50. The summed E-state index contributed by atoms with van der Waals surface area (Å²) >= 11 is 5.69. The SMILES string of the molecule is CC(CCC(C)(C)O)C1CCC2C3CC=C4CC(C#CCl)CCC4C3CCC12C. The molecule has 2 heteroatoms. The Hall–Kier alpha value is -0.450. The van der Waals surface area contributed by atoms with Crippen LogP contribution < -0.4 is 0 Å². The molecule has 1 N–H and O–H groups in total. The van der Waals surface area contributed by atoms with Gasteiger partial charge < -0.3 is 5.11 Å². The Labute approximate surface area is 184 Å². The first-order valence-corrected chi connectivity index (χ1v) is 12.6. The highest BCUT2D eigenvalue weighted by Crippen LogP contribution is 2.65. The van der Waals surface area contributed by atoms with Gasteiger partial charge in [0, 0.05) is 11.3 Å². The third kappa shape index (κ3) is 4.19. The minimum absolute atomic E-state index is 0.493. The summed E-state index contributed by atoms with van der Waals surface area (Å²) < 4.78 is 0. The predicted octanol–water partition coefficient (Wildman–Crippen LogP) is 7.18. The van der Waals surface area contributed by atoms with Gasteiger partial charge in [-0.3, -0.25) is 0 Å². The molecule has 0 bridgehead atoms. The zero-order valence-electron chi connectivity index (χ0n) is 19.0. The normalized spacial score (nSPS) is 42.6. The maximum Gasteiger partial charge on any atom is 0.0591 e. The van der Waals surface area contributed by atoms with Gasteiger partial charge in [-0.25, -0.2) is 0 Å². The van der Waals surface area contributed by atoms with E-state index in [0.29, 0.717) is 11.3 Å². The molecule has 0 radical (unpaired) electrons. The van der Waals surface area contributed by atoms with Crippen LogP contribution in [0.3, 0.4) is 0 Å². The van der Waals surface area contributed by atoms with Gasteiger partial charge in [-0.2, -0.15) is 0 Å². The smallest absolute Gasteiger partial charge is 0.0591 e. The molecular weight excluding hydrogens is 376 g/mol. The van der Waals surface area contributed by atoms with Gasteiger partial charge in [0.2, 0.25) is 0 Å². The number of aliphatic hydroxyl groups is 1. The molecule has 0 spiro atoms. The highest BCUT2D eigenvalue weighted by Gasteiger charge is 2.56. The monoisotopic (exact) mass is 416 g/mol. The van der Waals surface area contributed by atoms with Crippen molar-refractivity contribution >= 4 is 11.6 Å². The van der Waals surface area contributed by atoms with E-state index in [1.54, 1.807) is 5.57 Å². The number of hydrogen-bond donors (Lipinski definition) is 1. The second-order valence-electron chi connectivity index (χ2n) is 11.8. The van der Waals surface area contributed by atoms with Crippen molar-refractivity contribution in [2.45, 2.75) is 97.5 Å². The maximum absolute atomic E-state index is 10.2. The lowest BCUT2D eigenvalue weighted by Gasteiger charge is -2.54. The van der Waals surface area contributed by atoms with Gasteiger partial charge in [0.15, 0.2) is 0 Å². The Morgan fingerprint density at radius 1 is 1.21 bits per heavy atom. The van der Waals surface area contributed by atoms with Crippen LogP contribution in [0.2, 0.25) is 0 Å². The van der Waals surface area contributed by atoms with Crippen molar-refractivity contribution in [3.8, 4) is 11.3 Å². The molecule has 0 saturated heterocycles. The quantitative estimate of drug-likeness (QED) is 0.380. The second-order valence-corrected chi connectivity index (χ2v) is 12.0. The molecule has 4 aliphatic rings. The van der Waals surface area contributed by atoms with Crippen molar-refractivity contribution in [1.29, 1.82) is 0 Å². The predicted molar refractivity (Wildman–Crippen MR) is 122 cm³/mol. The third-order valence-electron chi connectivity index (χ3n) is 9.68. The van der Waals surface area contributed by atoms with Crippen molar-refractivity contribution in [2.24, 2.45) is 46.8 Å². The summed E-state index contributed by atoms with van der Waals surface area (Å²) in [5, 5.41) is 12.8. The molecule has 8 atom stereocenters. The number of fused-ring (bicyclic) bond motifs is 5. The van der Waals surface area contributed by atoms with Gasteiger partial charge in [-0.1, -0.05) is 31.4 Å². The summed E-state index contributed by atoms with van der Waals surface area (Å²) in [5.41, 5.74) is 1.72. The maximum atomic E-state index is 10.2. The summed E-state index contributed by atoms with van der Waals surface area (Å²) in [7, 11) is 0. The van der Waals surface area contributed by atoms with E-state index in [9.17, 15) is 5.11 Å². The summed E-state index contributed by atoms with van der Waals surface area (Å²) in [4.78, 5) is 0. The van der Waals surface area contributed by atoms with E-state index in [-0.39, 0.29) is 0 Å². The molecule has 3 fully saturated rings. The molecule has 1 nitrogen and oxygen atoms in total. The molecule has 0 amide bonds. The van der Waals surface area contributed by atoms with Crippen molar-refractivity contribution in [2.75, 3.05) is 0 Å². The Kier molecular flexibility index (Phi) is 6.18. The Morgan fingerprint density at radius 2 is 2.00 bits per heavy atom. The fraction of sp³-hybridized carbons (Fsp3) is 0.852. The molecule has 0 aliphatic heterocycles. The molecule has 29 heavy (non-hydrogen) atoms. The highest BCUT2D eigenvalue weighted by molar-refractivity contribution is 6.30. The molecule has 4 rings (SSSR count). The fourth-order valence-electron chi connectivity index (χ4n) is 8.23. The van der Waals surface area contributed by atoms with Gasteiger partial charge in [-0.05, 0) is 131 Å². The minimum Gasteiger partial charge on any atom is -0.390 e. The van der Waals surface area contributed by atoms with Gasteiger partial charge in [-0.15, -0.1) is 0 Å². The highest BCUT2D eigenvalue weighted by atomic mass is 35.5. The van der Waals surface area contributed by atoms with E-state index in [0.717, 1.165) is 41.9 Å². The third-order valence-corrected chi connectivity index (χ3v) is 9.79. The standard InChI is InChI=1S/C27H41ClO/c1-18(11-14-26(2,3)29)24-9-10-25-23-8-6-20-17-19(13-16-28)5-7-21(20)22(23)12-15-27(24,25)4/h6,18-19,21-25,29H,5,7-12,14-15,17H2,1-4H3. The summed E-state index contributed by atoms with van der Waals surface area (Å²) in [5.74, 6) is 8.87. The van der Waals surface area contributed by atoms with Crippen LogP contribution >= 0.6 is 11.6 Å². The molecule has 0 heterocycles. The first-order chi connectivity index (χ1) is 13.7. The molecule has 0 aromatic rings. The fourth-order valence-corrected chi connectivity index (χ4v) is 8.38. The van der Waals surface area contributed by atoms with Crippen LogP contribution in [-0.4, -0.2) is 10.7 Å². The molecule has 3 saturated carbocycles. The van der Waals surface area contributed by atoms with Crippen LogP contribution in [0.25, 0.3) is 0 Å². The van der Waals surface area contributed by atoms with Crippen LogP contribution in [0.5, 0.6) is 0 Å². The zero-order valence-corrected chi connectivity index (χ0v) is 19.8. The van der Waals surface area contributed by atoms with Crippen LogP contribution in [0.15, 0.2) is 11.6 Å². The lowest BCUT2D eigenvalue weighted by Crippen LogP contribution is -2.46. The number of allylic oxidation sites excluding steroid dienone is 2. The van der Waals surface area contributed by atoms with E-state index >= 15 is 0 Å². The van der Waals surface area contributed by atoms with Crippen molar-refractivity contribution in [1.82, 2.24) is 0 Å². The lowest BCUT2D eigenvalue weighted by molar-refractivity contribution is -0.0283. The number of rotatable bonds is 4. The first kappa shape index (κ1) is 21.8. The van der Waals surface area contributed by atoms with Crippen molar-refractivity contribution in [3.63, 3.8) is 0 Å². The van der Waals surface area contributed by atoms with E-state index in [2.05, 4.69) is 31.2 Å². The van der Waals surface area contributed by atoms with Crippen LogP contribution in [0, 0.1) is 58.1 Å². The summed E-state index contributed by atoms with van der Waals surface area (Å²) in [6.07, 6.45) is 15.5. The van der Waals surface area contributed by atoms with Crippen LogP contribution in [0.4, 0.5) is 0 Å². The number of hydrogen-bond acceptors (Lipinski definition) is 1. The second kappa shape index (κ2) is 8.24. The molecule has 0 aromatic carbocycles. The largest absolute Gasteiger partial charge is 0.390 e. The van der Waals surface area contributed by atoms with Gasteiger partial charge in [0.05, 0.1) is 5.60 Å². The van der Waals surface area contributed by atoms with Crippen molar-refractivity contribution in [3.05, 3.63) is 11.6 Å². The Morgan fingerprint density at radius 3 is 2.72 bits per heavy atom. The van der Waals surface area contributed by atoms with Gasteiger partial charge >= 0.3 is 0 Å². The summed E-state index contributed by atoms with van der Waals surface area (Å²) in [6.45, 7) is 9.03. The van der Waals surface area contributed by atoms with Crippen LogP contribution in [0.1, 0.15) is 91.9 Å². The topological polar surface area (TPSA) is 20.2 Å². The minimum atomic E-state index is -0.526.